The third kappa shape index (κ3) is 7.38. The normalized spacial score (nSPS) is 20.2. The quantitative estimate of drug-likeness (QED) is 0.224. The molecule has 2 aromatic heterocycles. The highest BCUT2D eigenvalue weighted by atomic mass is 16.5. The average molecular weight is 653 g/mol. The van der Waals surface area contributed by atoms with Gasteiger partial charge in [0.25, 0.3) is 0 Å². The van der Waals surface area contributed by atoms with Gasteiger partial charge in [-0.15, -0.1) is 0 Å². The predicted octanol–water partition coefficient (Wildman–Crippen LogP) is 3.27. The molecule has 1 atom stereocenters. The van der Waals surface area contributed by atoms with E-state index in [0.29, 0.717) is 58.1 Å². The van der Waals surface area contributed by atoms with E-state index < -0.39 is 0 Å². The summed E-state index contributed by atoms with van der Waals surface area (Å²) in [6.45, 7) is 9.93. The summed E-state index contributed by atoms with van der Waals surface area (Å²) >= 11 is 0. The minimum atomic E-state index is -0.254. The Balaban J connectivity index is 1.11. The lowest BCUT2D eigenvalue weighted by molar-refractivity contribution is -0.128. The molecule has 12 heteroatoms. The molecular formula is C36H44N8O4. The van der Waals surface area contributed by atoms with Crippen LogP contribution in [0.2, 0.25) is 0 Å². The van der Waals surface area contributed by atoms with Gasteiger partial charge in [0.2, 0.25) is 5.91 Å². The lowest BCUT2D eigenvalue weighted by Gasteiger charge is -2.42. The van der Waals surface area contributed by atoms with Gasteiger partial charge in [-0.25, -0.2) is 0 Å². The number of piperazine rings is 1. The lowest BCUT2D eigenvalue weighted by Crippen LogP contribution is -2.55. The summed E-state index contributed by atoms with van der Waals surface area (Å²) in [4.78, 5) is 36.5. The number of hydrogen-bond acceptors (Lipinski definition) is 11. The van der Waals surface area contributed by atoms with E-state index in [2.05, 4.69) is 50.9 Å². The number of morpholine rings is 1. The molecule has 1 aromatic carbocycles. The van der Waals surface area contributed by atoms with E-state index in [9.17, 15) is 10.1 Å². The summed E-state index contributed by atoms with van der Waals surface area (Å²) in [5.74, 6) is 0.782. The Labute approximate surface area is 281 Å². The van der Waals surface area contributed by atoms with Crippen molar-refractivity contribution in [2.24, 2.45) is 0 Å². The van der Waals surface area contributed by atoms with Crippen LogP contribution >= 0.6 is 0 Å². The molecule has 0 radical (unpaired) electrons. The summed E-state index contributed by atoms with van der Waals surface area (Å²) in [5.41, 5.74) is 4.33. The fourth-order valence-electron chi connectivity index (χ4n) is 6.94. The van der Waals surface area contributed by atoms with Gasteiger partial charge >= 0.3 is 6.01 Å². The van der Waals surface area contributed by atoms with Crippen molar-refractivity contribution >= 4 is 28.2 Å². The Hall–Kier alpha value is -4.31. The molecule has 0 bridgehead atoms. The highest BCUT2D eigenvalue weighted by Gasteiger charge is 2.34. The second-order valence-electron chi connectivity index (χ2n) is 13.0. The number of ether oxygens (including phenoxy) is 3. The Morgan fingerprint density at radius 3 is 2.79 bits per heavy atom. The van der Waals surface area contributed by atoms with Gasteiger partial charge in [0, 0.05) is 74.4 Å². The summed E-state index contributed by atoms with van der Waals surface area (Å²) in [5, 5.41) is 12.1. The fourth-order valence-corrected chi connectivity index (χ4v) is 6.94. The number of nitrogens with zero attached hydrogens (tertiary/aromatic N) is 8. The number of benzene rings is 1. The number of carbonyl (C=O) groups is 1. The van der Waals surface area contributed by atoms with E-state index >= 15 is 0 Å². The summed E-state index contributed by atoms with van der Waals surface area (Å²) in [7, 11) is 0. The van der Waals surface area contributed by atoms with Crippen LogP contribution in [0.25, 0.3) is 10.8 Å². The molecule has 5 heterocycles. The Bertz CT molecular complexity index is 1680. The zero-order valence-electron chi connectivity index (χ0n) is 27.7. The van der Waals surface area contributed by atoms with Crippen molar-refractivity contribution in [2.75, 3.05) is 82.0 Å². The monoisotopic (exact) mass is 652 g/mol. The largest absolute Gasteiger partial charge is 0.461 e. The van der Waals surface area contributed by atoms with E-state index in [1.807, 2.05) is 23.4 Å². The number of hydrogen-bond donors (Lipinski definition) is 0. The van der Waals surface area contributed by atoms with Gasteiger partial charge in [0.05, 0.1) is 68.6 Å². The number of carbonyl (C=O) groups excluding carboxylic acids is 1. The second kappa shape index (κ2) is 14.8. The van der Waals surface area contributed by atoms with Crippen LogP contribution in [0.15, 0.2) is 42.7 Å². The first kappa shape index (κ1) is 32.2. The topological polar surface area (TPSA) is 120 Å². The molecule has 0 N–H and O–H groups in total. The van der Waals surface area contributed by atoms with Gasteiger partial charge in [-0.05, 0) is 31.7 Å². The van der Waals surface area contributed by atoms with Gasteiger partial charge < -0.3 is 28.9 Å². The van der Waals surface area contributed by atoms with Gasteiger partial charge in [0.15, 0.2) is 0 Å². The number of aryl methyl sites for hydroxylation is 1. The fraction of sp³-hybridized carbons (Fsp3) is 0.528. The maximum Gasteiger partial charge on any atom is 0.318 e. The van der Waals surface area contributed by atoms with Crippen LogP contribution in [-0.2, 0) is 27.2 Å². The van der Waals surface area contributed by atoms with E-state index in [1.54, 1.807) is 6.08 Å². The van der Waals surface area contributed by atoms with E-state index in [-0.39, 0.29) is 18.4 Å². The maximum atomic E-state index is 13.3. The third-order valence-electron chi connectivity index (χ3n) is 9.65. The molecule has 7 rings (SSSR count). The molecule has 1 aliphatic carbocycles. The number of anilines is 2. The predicted molar refractivity (Wildman–Crippen MR) is 182 cm³/mol. The average Bonchev–Trinajstić information content (AvgIpc) is 3.95. The molecule has 48 heavy (non-hydrogen) atoms. The number of rotatable bonds is 11. The SMILES string of the molecule is Cc1cccc2cncc(N3CCc4c(nc(OCCOC5CC5)nc4N4CCN(C(=O)/C=C/CN5CCOCC5)[C@@H](CC#N)C4)C3)c12. The van der Waals surface area contributed by atoms with Gasteiger partial charge in [-0.1, -0.05) is 24.3 Å². The van der Waals surface area contributed by atoms with E-state index in [0.717, 1.165) is 80.3 Å². The van der Waals surface area contributed by atoms with Gasteiger partial charge in [-0.3, -0.25) is 14.7 Å². The molecule has 0 spiro atoms. The maximum absolute atomic E-state index is 13.3. The van der Waals surface area contributed by atoms with Gasteiger partial charge in [-0.2, -0.15) is 15.2 Å². The Morgan fingerprint density at radius 1 is 1.08 bits per heavy atom. The standard InChI is InChI=1S/C36H44N8O4/c1-26-4-2-5-27-22-38-23-32(34(26)27)42-13-10-30-31(25-42)39-36(48-21-20-47-29-7-8-29)40-35(30)43-14-15-44(28(24-43)9-11-37)33(45)6-3-12-41-16-18-46-19-17-41/h2-6,22-23,28-29H,7-10,12-21,24-25H2,1H3/b6-3+/t28-/m0/s1. The van der Waals surface area contributed by atoms with Crippen LogP contribution in [0.1, 0.15) is 36.1 Å². The molecule has 3 aliphatic heterocycles. The first-order chi connectivity index (χ1) is 23.6. The molecule has 252 valence electrons. The van der Waals surface area contributed by atoms with Crippen LogP contribution in [-0.4, -0.2) is 115 Å². The van der Waals surface area contributed by atoms with Crippen molar-refractivity contribution in [1.29, 1.82) is 5.26 Å². The van der Waals surface area contributed by atoms with Crippen molar-refractivity contribution in [2.45, 2.75) is 51.3 Å². The van der Waals surface area contributed by atoms with E-state index in [4.69, 9.17) is 24.2 Å². The molecule has 12 nitrogen and oxygen atoms in total. The van der Waals surface area contributed by atoms with Crippen LogP contribution in [0, 0.1) is 18.3 Å². The van der Waals surface area contributed by atoms with Crippen molar-refractivity contribution < 1.29 is 19.0 Å². The summed E-state index contributed by atoms with van der Waals surface area (Å²) in [6, 6.07) is 8.71. The molecule has 2 saturated heterocycles. The van der Waals surface area contributed by atoms with Crippen molar-refractivity contribution in [3.63, 3.8) is 0 Å². The highest BCUT2D eigenvalue weighted by molar-refractivity contribution is 5.96. The zero-order chi connectivity index (χ0) is 32.9. The Kier molecular flexibility index (Phi) is 9.98. The molecule has 4 aliphatic rings. The number of pyridine rings is 1. The molecule has 0 unspecified atom stereocenters. The van der Waals surface area contributed by atoms with Crippen LogP contribution < -0.4 is 14.5 Å². The Morgan fingerprint density at radius 2 is 1.96 bits per heavy atom. The molecule has 3 fully saturated rings. The molecule has 3 aromatic rings. The first-order valence-corrected chi connectivity index (χ1v) is 17.2. The lowest BCUT2D eigenvalue weighted by atomic mass is 10.0. The third-order valence-corrected chi connectivity index (χ3v) is 9.65. The number of aromatic nitrogens is 3. The minimum Gasteiger partial charge on any atom is -0.461 e. The van der Waals surface area contributed by atoms with Crippen LogP contribution in [0.4, 0.5) is 11.5 Å². The highest BCUT2D eigenvalue weighted by Crippen LogP contribution is 2.35. The van der Waals surface area contributed by atoms with E-state index in [1.165, 1.54) is 10.9 Å². The number of nitriles is 1. The first-order valence-electron chi connectivity index (χ1n) is 17.2. The van der Waals surface area contributed by atoms with Crippen molar-refractivity contribution in [3.05, 3.63) is 59.6 Å². The van der Waals surface area contributed by atoms with Gasteiger partial charge in [0.1, 0.15) is 12.4 Å². The number of amides is 1. The van der Waals surface area contributed by atoms with Crippen molar-refractivity contribution in [3.8, 4) is 12.1 Å². The number of fused-ring (bicyclic) bond motifs is 2. The minimum absolute atomic E-state index is 0.0535. The molecule has 1 amide bonds. The van der Waals surface area contributed by atoms with Crippen LogP contribution in [0.3, 0.4) is 0 Å². The zero-order valence-corrected chi connectivity index (χ0v) is 27.7. The molecular weight excluding hydrogens is 608 g/mol. The van der Waals surface area contributed by atoms with Crippen molar-refractivity contribution in [1.82, 2.24) is 24.8 Å². The smallest absolute Gasteiger partial charge is 0.318 e. The second-order valence-corrected chi connectivity index (χ2v) is 13.0. The van der Waals surface area contributed by atoms with Crippen LogP contribution in [0.5, 0.6) is 6.01 Å². The summed E-state index contributed by atoms with van der Waals surface area (Å²) in [6.07, 6.45) is 11.0. The molecule has 1 saturated carbocycles. The summed E-state index contributed by atoms with van der Waals surface area (Å²) < 4.78 is 17.3.